The molecule has 1 aromatic heterocycles. The number of carbonyl (C=O) groups excluding carboxylic acids is 1. The Hall–Kier alpha value is -2.31. The van der Waals surface area contributed by atoms with Crippen LogP contribution in [-0.4, -0.2) is 53.5 Å². The van der Waals surface area contributed by atoms with Gasteiger partial charge in [-0.2, -0.15) is 0 Å². The number of aromatic carboxylic acids is 1. The summed E-state index contributed by atoms with van der Waals surface area (Å²) in [5, 5.41) is 9.13. The minimum Gasteiger partial charge on any atom is -0.478 e. The molecule has 0 aromatic carbocycles. The molecular weight excluding hydrogens is 236 g/mol. The molecule has 1 aliphatic heterocycles. The van der Waals surface area contributed by atoms with Gasteiger partial charge < -0.3 is 20.6 Å². The van der Waals surface area contributed by atoms with Crippen LogP contribution < -0.4 is 10.6 Å². The fourth-order valence-corrected chi connectivity index (χ4v) is 1.92. The Morgan fingerprint density at radius 1 is 1.39 bits per heavy atom. The zero-order chi connectivity index (χ0) is 13.1. The normalized spacial score (nSPS) is 15.6. The first-order chi connectivity index (χ1) is 8.61. The van der Waals surface area contributed by atoms with E-state index in [0.29, 0.717) is 37.7 Å². The molecule has 0 saturated carbocycles. The maximum absolute atomic E-state index is 11.1. The van der Waals surface area contributed by atoms with Crippen LogP contribution in [0.1, 0.15) is 10.4 Å². The summed E-state index contributed by atoms with van der Waals surface area (Å²) in [7, 11) is 0. The van der Waals surface area contributed by atoms with Crippen molar-refractivity contribution in [1.82, 2.24) is 9.88 Å². The molecule has 1 fully saturated rings. The number of amides is 1. The van der Waals surface area contributed by atoms with Crippen molar-refractivity contribution in [3.05, 3.63) is 17.8 Å². The Kier molecular flexibility index (Phi) is 3.31. The lowest BCUT2D eigenvalue weighted by Crippen LogP contribution is -2.46. The molecule has 0 atom stereocenters. The van der Waals surface area contributed by atoms with Crippen molar-refractivity contribution in [2.45, 2.75) is 0 Å². The molecule has 2 heterocycles. The van der Waals surface area contributed by atoms with Crippen molar-refractivity contribution in [3.8, 4) is 0 Å². The van der Waals surface area contributed by atoms with Crippen molar-refractivity contribution in [3.63, 3.8) is 0 Å². The SMILES string of the molecule is Nc1cnc(N2CCN(C=O)CC2)c(C(=O)O)c1. The number of piperazine rings is 1. The van der Waals surface area contributed by atoms with E-state index in [2.05, 4.69) is 4.98 Å². The van der Waals surface area contributed by atoms with Gasteiger partial charge in [-0.1, -0.05) is 0 Å². The van der Waals surface area contributed by atoms with Gasteiger partial charge in [0.1, 0.15) is 11.4 Å². The average Bonchev–Trinajstić information content (AvgIpc) is 2.39. The zero-order valence-corrected chi connectivity index (χ0v) is 9.74. The average molecular weight is 250 g/mol. The number of nitrogens with two attached hydrogens (primary N) is 1. The van der Waals surface area contributed by atoms with Crippen molar-refractivity contribution in [2.75, 3.05) is 36.8 Å². The molecule has 3 N–H and O–H groups in total. The van der Waals surface area contributed by atoms with Crippen LogP contribution in [0, 0.1) is 0 Å². The van der Waals surface area contributed by atoms with Crippen LogP contribution in [0.3, 0.4) is 0 Å². The molecule has 1 amide bonds. The third-order valence-corrected chi connectivity index (χ3v) is 2.88. The monoisotopic (exact) mass is 250 g/mol. The van der Waals surface area contributed by atoms with Gasteiger partial charge in [-0.05, 0) is 6.07 Å². The number of hydrogen-bond acceptors (Lipinski definition) is 5. The number of nitrogens with zero attached hydrogens (tertiary/aromatic N) is 3. The smallest absolute Gasteiger partial charge is 0.339 e. The second-order valence-corrected chi connectivity index (χ2v) is 4.07. The number of carboxylic acids is 1. The van der Waals surface area contributed by atoms with Crippen molar-refractivity contribution in [1.29, 1.82) is 0 Å². The molecule has 0 unspecified atom stereocenters. The summed E-state index contributed by atoms with van der Waals surface area (Å²) in [6, 6.07) is 1.40. The zero-order valence-electron chi connectivity index (χ0n) is 9.74. The van der Waals surface area contributed by atoms with E-state index in [1.807, 2.05) is 4.90 Å². The Morgan fingerprint density at radius 3 is 2.61 bits per heavy atom. The first kappa shape index (κ1) is 12.2. The molecule has 96 valence electrons. The van der Waals surface area contributed by atoms with Crippen LogP contribution >= 0.6 is 0 Å². The molecule has 1 aliphatic rings. The second kappa shape index (κ2) is 4.91. The highest BCUT2D eigenvalue weighted by Crippen LogP contribution is 2.21. The molecular formula is C11H14N4O3. The minimum absolute atomic E-state index is 0.0922. The van der Waals surface area contributed by atoms with Gasteiger partial charge in [0.25, 0.3) is 0 Å². The molecule has 2 rings (SSSR count). The number of rotatable bonds is 3. The van der Waals surface area contributed by atoms with Crippen LogP contribution in [-0.2, 0) is 4.79 Å². The van der Waals surface area contributed by atoms with Gasteiger partial charge in [-0.3, -0.25) is 4.79 Å². The molecule has 18 heavy (non-hydrogen) atoms. The van der Waals surface area contributed by atoms with E-state index in [1.54, 1.807) is 4.90 Å². The Balaban J connectivity index is 2.23. The van der Waals surface area contributed by atoms with E-state index >= 15 is 0 Å². The van der Waals surface area contributed by atoms with Crippen molar-refractivity contribution < 1.29 is 14.7 Å². The molecule has 0 bridgehead atoms. The fraction of sp³-hybridized carbons (Fsp3) is 0.364. The standard InChI is InChI=1S/C11H14N4O3/c12-8-5-9(11(17)18)10(13-6-8)15-3-1-14(7-16)2-4-15/h5-7H,1-4,12H2,(H,17,18). The lowest BCUT2D eigenvalue weighted by atomic mass is 10.2. The number of pyridine rings is 1. The van der Waals surface area contributed by atoms with E-state index in [1.165, 1.54) is 12.3 Å². The van der Waals surface area contributed by atoms with Gasteiger partial charge in [0, 0.05) is 26.2 Å². The Labute approximate surface area is 104 Å². The maximum Gasteiger partial charge on any atom is 0.339 e. The van der Waals surface area contributed by atoms with Crippen molar-refractivity contribution in [2.24, 2.45) is 0 Å². The molecule has 7 nitrogen and oxygen atoms in total. The Bertz CT molecular complexity index is 469. The van der Waals surface area contributed by atoms with Gasteiger partial charge in [-0.15, -0.1) is 0 Å². The first-order valence-corrected chi connectivity index (χ1v) is 5.55. The molecule has 0 radical (unpaired) electrons. The predicted molar refractivity (Wildman–Crippen MR) is 65.5 cm³/mol. The molecule has 0 spiro atoms. The number of carbonyl (C=O) groups is 2. The summed E-state index contributed by atoms with van der Waals surface area (Å²) in [5.41, 5.74) is 5.95. The van der Waals surface area contributed by atoms with Crippen LogP contribution in [0.4, 0.5) is 11.5 Å². The van der Waals surface area contributed by atoms with Crippen molar-refractivity contribution >= 4 is 23.9 Å². The topological polar surface area (TPSA) is 99.8 Å². The molecule has 7 heteroatoms. The lowest BCUT2D eigenvalue weighted by Gasteiger charge is -2.33. The number of aromatic nitrogens is 1. The summed E-state index contributed by atoms with van der Waals surface area (Å²) in [5.74, 6) is -0.648. The molecule has 1 aromatic rings. The summed E-state index contributed by atoms with van der Waals surface area (Å²) in [6.07, 6.45) is 2.24. The van der Waals surface area contributed by atoms with E-state index in [9.17, 15) is 9.59 Å². The largest absolute Gasteiger partial charge is 0.478 e. The second-order valence-electron chi connectivity index (χ2n) is 4.07. The summed E-state index contributed by atoms with van der Waals surface area (Å²) in [6.45, 7) is 2.26. The summed E-state index contributed by atoms with van der Waals surface area (Å²) in [4.78, 5) is 29.3. The lowest BCUT2D eigenvalue weighted by molar-refractivity contribution is -0.118. The molecule has 1 saturated heterocycles. The molecule has 0 aliphatic carbocycles. The number of nitrogen functional groups attached to an aromatic ring is 1. The van der Waals surface area contributed by atoms with E-state index in [-0.39, 0.29) is 5.56 Å². The van der Waals surface area contributed by atoms with Gasteiger partial charge in [0.15, 0.2) is 0 Å². The van der Waals surface area contributed by atoms with Gasteiger partial charge in [0.2, 0.25) is 6.41 Å². The highest BCUT2D eigenvalue weighted by molar-refractivity contribution is 5.94. The first-order valence-electron chi connectivity index (χ1n) is 5.55. The van der Waals surface area contributed by atoms with E-state index in [0.717, 1.165) is 6.41 Å². The van der Waals surface area contributed by atoms with E-state index in [4.69, 9.17) is 10.8 Å². The van der Waals surface area contributed by atoms with Gasteiger partial charge >= 0.3 is 5.97 Å². The maximum atomic E-state index is 11.1. The quantitative estimate of drug-likeness (QED) is 0.711. The summed E-state index contributed by atoms with van der Waals surface area (Å²) >= 11 is 0. The highest BCUT2D eigenvalue weighted by Gasteiger charge is 2.22. The Morgan fingerprint density at radius 2 is 2.06 bits per heavy atom. The minimum atomic E-state index is -1.05. The summed E-state index contributed by atoms with van der Waals surface area (Å²) < 4.78 is 0. The predicted octanol–water partition coefficient (Wildman–Crippen LogP) is -0.360. The fourth-order valence-electron chi connectivity index (χ4n) is 1.92. The third kappa shape index (κ3) is 2.34. The van der Waals surface area contributed by atoms with Crippen LogP contribution in [0.2, 0.25) is 0 Å². The highest BCUT2D eigenvalue weighted by atomic mass is 16.4. The van der Waals surface area contributed by atoms with E-state index < -0.39 is 5.97 Å². The van der Waals surface area contributed by atoms with Crippen LogP contribution in [0.5, 0.6) is 0 Å². The number of hydrogen-bond donors (Lipinski definition) is 2. The van der Waals surface area contributed by atoms with Gasteiger partial charge in [-0.25, -0.2) is 9.78 Å². The van der Waals surface area contributed by atoms with Crippen LogP contribution in [0.15, 0.2) is 12.3 Å². The number of carboxylic acid groups (broad SMARTS) is 1. The van der Waals surface area contributed by atoms with Gasteiger partial charge in [0.05, 0.1) is 11.9 Å². The number of anilines is 2. The van der Waals surface area contributed by atoms with Crippen LogP contribution in [0.25, 0.3) is 0 Å². The third-order valence-electron chi connectivity index (χ3n) is 2.88.